The lowest BCUT2D eigenvalue weighted by molar-refractivity contribution is -0.140. The van der Waals surface area contributed by atoms with Crippen LogP contribution in [0.25, 0.3) is 0 Å². The number of amides is 5. The number of nitrogens with one attached hydrogen (secondary N) is 3. The van der Waals surface area contributed by atoms with Crippen molar-refractivity contribution in [3.8, 4) is 0 Å². The number of urea groups is 1. The third-order valence-corrected chi connectivity index (χ3v) is 7.21. The Hall–Kier alpha value is -5.72. The number of rotatable bonds is 12. The number of alkyl carbamates (subject to hydrolysis) is 1. The summed E-state index contributed by atoms with van der Waals surface area (Å²) in [4.78, 5) is 66.4. The van der Waals surface area contributed by atoms with Crippen molar-refractivity contribution in [1.29, 1.82) is 5.41 Å². The average molecular weight is 601 g/mol. The molecule has 13 heteroatoms. The Labute approximate surface area is 253 Å². The first kappa shape index (κ1) is 31.2. The fourth-order valence-electron chi connectivity index (χ4n) is 4.71. The Balaban J connectivity index is 1.45. The van der Waals surface area contributed by atoms with Gasteiger partial charge in [0.25, 0.3) is 5.91 Å². The number of amidine groups is 1. The number of imide groups is 1. The summed E-state index contributed by atoms with van der Waals surface area (Å²) < 4.78 is 5.05. The SMILES string of the molecule is CC1(c2ccc(C(=N)N)cc2)C(=O)N(CC(=O)NCC(NC(=O)OCc2ccccc2)C(=O)O)C(=O)N1Cc1ccccc1. The molecule has 0 saturated carbocycles. The maximum Gasteiger partial charge on any atom is 0.408 e. The van der Waals surface area contributed by atoms with E-state index in [-0.39, 0.29) is 19.0 Å². The number of ether oxygens (including phenoxy) is 1. The van der Waals surface area contributed by atoms with Gasteiger partial charge in [0, 0.05) is 18.7 Å². The zero-order valence-corrected chi connectivity index (χ0v) is 23.9. The smallest absolute Gasteiger partial charge is 0.408 e. The van der Waals surface area contributed by atoms with Gasteiger partial charge in [0.15, 0.2) is 0 Å². The van der Waals surface area contributed by atoms with Gasteiger partial charge >= 0.3 is 18.1 Å². The molecular weight excluding hydrogens is 568 g/mol. The summed E-state index contributed by atoms with van der Waals surface area (Å²) in [6, 6.07) is 21.9. The summed E-state index contributed by atoms with van der Waals surface area (Å²) in [5.74, 6) is -3.06. The van der Waals surface area contributed by atoms with Crippen LogP contribution in [0.2, 0.25) is 0 Å². The van der Waals surface area contributed by atoms with Crippen LogP contribution < -0.4 is 16.4 Å². The number of carbonyl (C=O) groups is 5. The van der Waals surface area contributed by atoms with Gasteiger partial charge in [-0.2, -0.15) is 0 Å². The van der Waals surface area contributed by atoms with Crippen LogP contribution in [0.5, 0.6) is 0 Å². The second-order valence-electron chi connectivity index (χ2n) is 10.2. The number of nitrogens with zero attached hydrogens (tertiary/aromatic N) is 2. The largest absolute Gasteiger partial charge is 0.480 e. The molecule has 4 rings (SSSR count). The first-order chi connectivity index (χ1) is 21.0. The third-order valence-electron chi connectivity index (χ3n) is 7.21. The fraction of sp³-hybridized carbons (Fsp3) is 0.226. The third kappa shape index (κ3) is 7.01. The van der Waals surface area contributed by atoms with Gasteiger partial charge in [-0.05, 0) is 23.6 Å². The number of carboxylic acids is 1. The summed E-state index contributed by atoms with van der Waals surface area (Å²) in [6.45, 7) is 0.338. The van der Waals surface area contributed by atoms with Gasteiger partial charge in [-0.25, -0.2) is 14.4 Å². The lowest BCUT2D eigenvalue weighted by atomic mass is 9.89. The molecule has 0 radical (unpaired) electrons. The van der Waals surface area contributed by atoms with E-state index in [0.29, 0.717) is 16.7 Å². The van der Waals surface area contributed by atoms with Gasteiger partial charge in [0.2, 0.25) is 5.91 Å². The standard InChI is InChI=1S/C31H32N6O7/c1-31(23-14-12-22(13-15-23)26(32)33)28(41)36(30(43)37(31)17-20-8-4-2-5-9-20)18-25(38)34-16-24(27(39)40)35-29(42)44-19-21-10-6-3-7-11-21/h2-15,24H,16-19H2,1H3,(H3,32,33)(H,34,38)(H,35,42)(H,39,40). The predicted molar refractivity (Wildman–Crippen MR) is 158 cm³/mol. The quantitative estimate of drug-likeness (QED) is 0.118. The van der Waals surface area contributed by atoms with Crippen LogP contribution in [0.1, 0.15) is 29.2 Å². The van der Waals surface area contributed by atoms with Crippen LogP contribution in [0, 0.1) is 5.41 Å². The summed E-state index contributed by atoms with van der Waals surface area (Å²) in [5, 5.41) is 21.7. The number of benzene rings is 3. The number of hydrogen-bond donors (Lipinski definition) is 5. The second kappa shape index (κ2) is 13.5. The molecule has 3 aromatic rings. The van der Waals surface area contributed by atoms with E-state index in [4.69, 9.17) is 15.9 Å². The lowest BCUT2D eigenvalue weighted by Gasteiger charge is -2.32. The van der Waals surface area contributed by atoms with Crippen molar-refractivity contribution in [1.82, 2.24) is 20.4 Å². The molecule has 1 aliphatic rings. The molecule has 13 nitrogen and oxygen atoms in total. The molecule has 3 aromatic carbocycles. The van der Waals surface area contributed by atoms with Crippen molar-refractivity contribution in [3.63, 3.8) is 0 Å². The van der Waals surface area contributed by atoms with E-state index in [1.165, 1.54) is 4.90 Å². The van der Waals surface area contributed by atoms with Gasteiger partial charge in [-0.15, -0.1) is 0 Å². The van der Waals surface area contributed by atoms with E-state index in [1.807, 2.05) is 6.07 Å². The molecule has 0 bridgehead atoms. The van der Waals surface area contributed by atoms with Gasteiger partial charge < -0.3 is 31.1 Å². The van der Waals surface area contributed by atoms with Gasteiger partial charge in [0.05, 0.1) is 0 Å². The van der Waals surface area contributed by atoms with Crippen molar-refractivity contribution < 1.29 is 33.8 Å². The molecule has 228 valence electrons. The number of carbonyl (C=O) groups excluding carboxylic acids is 4. The molecule has 6 N–H and O–H groups in total. The van der Waals surface area contributed by atoms with E-state index in [0.717, 1.165) is 10.5 Å². The summed E-state index contributed by atoms with van der Waals surface area (Å²) in [7, 11) is 0. The molecule has 0 aromatic heterocycles. The maximum atomic E-state index is 13.8. The van der Waals surface area contributed by atoms with Crippen LogP contribution in [-0.2, 0) is 37.8 Å². The van der Waals surface area contributed by atoms with E-state index in [9.17, 15) is 29.1 Å². The highest BCUT2D eigenvalue weighted by Gasteiger charge is 2.55. The molecule has 44 heavy (non-hydrogen) atoms. The van der Waals surface area contributed by atoms with Crippen LogP contribution in [0.15, 0.2) is 84.9 Å². The molecule has 0 aliphatic carbocycles. The van der Waals surface area contributed by atoms with E-state index in [2.05, 4.69) is 10.6 Å². The van der Waals surface area contributed by atoms with Crippen molar-refractivity contribution in [2.75, 3.05) is 13.1 Å². The number of hydrogen-bond acceptors (Lipinski definition) is 7. The molecular formula is C31H32N6O7. The van der Waals surface area contributed by atoms with Crippen molar-refractivity contribution in [2.45, 2.75) is 31.7 Å². The number of nitrogen functional groups attached to an aromatic ring is 1. The summed E-state index contributed by atoms with van der Waals surface area (Å²) in [6.07, 6.45) is -0.997. The van der Waals surface area contributed by atoms with Crippen LogP contribution in [-0.4, -0.2) is 69.8 Å². The summed E-state index contributed by atoms with van der Waals surface area (Å²) in [5.41, 5.74) is 6.40. The topological polar surface area (TPSA) is 195 Å². The Bertz CT molecular complexity index is 1550. The minimum absolute atomic E-state index is 0.0601. The zero-order valence-electron chi connectivity index (χ0n) is 23.9. The van der Waals surface area contributed by atoms with E-state index >= 15 is 0 Å². The molecule has 1 aliphatic heterocycles. The molecule has 1 fully saturated rings. The monoisotopic (exact) mass is 600 g/mol. The summed E-state index contributed by atoms with van der Waals surface area (Å²) >= 11 is 0. The maximum absolute atomic E-state index is 13.8. The first-order valence-corrected chi connectivity index (χ1v) is 13.6. The van der Waals surface area contributed by atoms with E-state index < -0.39 is 54.6 Å². The van der Waals surface area contributed by atoms with Gasteiger partial charge in [0.1, 0.15) is 30.6 Å². The highest BCUT2D eigenvalue weighted by Crippen LogP contribution is 2.38. The lowest BCUT2D eigenvalue weighted by Crippen LogP contribution is -2.50. The minimum Gasteiger partial charge on any atom is -0.480 e. The Morgan fingerprint density at radius 1 is 0.955 bits per heavy atom. The molecule has 5 amide bonds. The minimum atomic E-state index is -1.54. The average Bonchev–Trinajstić information content (AvgIpc) is 3.19. The Kier molecular flexibility index (Phi) is 9.58. The molecule has 0 spiro atoms. The Morgan fingerprint density at radius 2 is 1.55 bits per heavy atom. The molecule has 2 atom stereocenters. The molecule has 1 heterocycles. The first-order valence-electron chi connectivity index (χ1n) is 13.6. The Morgan fingerprint density at radius 3 is 2.11 bits per heavy atom. The van der Waals surface area contributed by atoms with Crippen molar-refractivity contribution in [3.05, 3.63) is 107 Å². The van der Waals surface area contributed by atoms with Gasteiger partial charge in [-0.3, -0.25) is 19.9 Å². The fourth-order valence-corrected chi connectivity index (χ4v) is 4.71. The number of aliphatic carboxylic acids is 1. The van der Waals surface area contributed by atoms with Crippen LogP contribution in [0.4, 0.5) is 9.59 Å². The van der Waals surface area contributed by atoms with E-state index in [1.54, 1.807) is 85.8 Å². The second-order valence-corrected chi connectivity index (χ2v) is 10.2. The normalized spacial score (nSPS) is 16.8. The van der Waals surface area contributed by atoms with Crippen molar-refractivity contribution in [2.24, 2.45) is 5.73 Å². The highest BCUT2D eigenvalue weighted by atomic mass is 16.5. The van der Waals surface area contributed by atoms with Crippen LogP contribution in [0.3, 0.4) is 0 Å². The molecule has 1 saturated heterocycles. The highest BCUT2D eigenvalue weighted by molar-refractivity contribution is 6.09. The predicted octanol–water partition coefficient (Wildman–Crippen LogP) is 2.15. The molecule has 2 unspecified atom stereocenters. The van der Waals surface area contributed by atoms with Crippen LogP contribution >= 0.6 is 0 Å². The number of nitrogens with two attached hydrogens (primary N) is 1. The van der Waals surface area contributed by atoms with Gasteiger partial charge in [-0.1, -0.05) is 84.9 Å². The van der Waals surface area contributed by atoms with Crippen molar-refractivity contribution >= 4 is 35.7 Å². The zero-order chi connectivity index (χ0) is 31.9. The number of carboxylic acid groups (broad SMARTS) is 1.